The molecule has 0 fully saturated rings. The van der Waals surface area contributed by atoms with Crippen molar-refractivity contribution in [1.82, 2.24) is 0 Å². The molecule has 0 aromatic rings. The minimum Gasteiger partial charge on any atom is -0.396 e. The lowest BCUT2D eigenvalue weighted by Gasteiger charge is -2.00. The van der Waals surface area contributed by atoms with E-state index in [0.717, 1.165) is 5.75 Å². The molecule has 0 aromatic carbocycles. The molecule has 2 heteroatoms. The zero-order chi connectivity index (χ0) is 9.78. The predicted octanol–water partition coefficient (Wildman–Crippen LogP) is 3.46. The zero-order valence-corrected chi connectivity index (χ0v) is 9.74. The molecule has 0 aliphatic rings. The number of thioether (sulfide) groups is 1. The van der Waals surface area contributed by atoms with E-state index in [1.807, 2.05) is 11.8 Å². The molecule has 0 unspecified atom stereocenters. The van der Waals surface area contributed by atoms with Crippen LogP contribution in [0.25, 0.3) is 0 Å². The van der Waals surface area contributed by atoms with Crippen molar-refractivity contribution in [1.29, 1.82) is 0 Å². The van der Waals surface area contributed by atoms with Gasteiger partial charge in [-0.05, 0) is 12.2 Å². The number of hydrogen-bond donors (Lipinski definition) is 1. The van der Waals surface area contributed by atoms with Crippen LogP contribution in [0.3, 0.4) is 0 Å². The second-order valence-corrected chi connectivity index (χ2v) is 4.68. The normalized spacial score (nSPS) is 10.6. The lowest BCUT2D eigenvalue weighted by atomic mass is 10.1. The Kier molecular flexibility index (Phi) is 12.6. The maximum Gasteiger partial charge on any atom is 0.0521 e. The average Bonchev–Trinajstić information content (AvgIpc) is 2.16. The van der Waals surface area contributed by atoms with E-state index in [0.29, 0.717) is 6.61 Å². The quantitative estimate of drug-likeness (QED) is 0.550. The van der Waals surface area contributed by atoms with E-state index in [2.05, 4.69) is 6.92 Å². The van der Waals surface area contributed by atoms with E-state index >= 15 is 0 Å². The van der Waals surface area contributed by atoms with Crippen LogP contribution < -0.4 is 0 Å². The highest BCUT2D eigenvalue weighted by atomic mass is 32.2. The maximum atomic E-state index is 8.55. The van der Waals surface area contributed by atoms with Crippen molar-refractivity contribution in [3.8, 4) is 0 Å². The standard InChI is InChI=1S/C11H24OS/c1-2-3-4-5-6-7-8-10-13-11-9-12/h12H,2-11H2,1H3. The van der Waals surface area contributed by atoms with Crippen LogP contribution in [0.15, 0.2) is 0 Å². The fourth-order valence-electron chi connectivity index (χ4n) is 1.33. The highest BCUT2D eigenvalue weighted by Gasteiger charge is 1.91. The van der Waals surface area contributed by atoms with Gasteiger partial charge in [0, 0.05) is 5.75 Å². The Morgan fingerprint density at radius 2 is 1.46 bits per heavy atom. The third-order valence-corrected chi connectivity index (χ3v) is 3.18. The molecule has 0 saturated heterocycles. The van der Waals surface area contributed by atoms with Gasteiger partial charge in [0.2, 0.25) is 0 Å². The van der Waals surface area contributed by atoms with E-state index in [9.17, 15) is 0 Å². The smallest absolute Gasteiger partial charge is 0.0521 e. The van der Waals surface area contributed by atoms with Crippen LogP contribution in [0, 0.1) is 0 Å². The molecule has 80 valence electrons. The summed E-state index contributed by atoms with van der Waals surface area (Å²) in [6, 6.07) is 0. The zero-order valence-electron chi connectivity index (χ0n) is 8.93. The van der Waals surface area contributed by atoms with Crippen molar-refractivity contribution in [3.63, 3.8) is 0 Å². The first-order chi connectivity index (χ1) is 6.41. The second kappa shape index (κ2) is 12.3. The molecule has 0 saturated carbocycles. The molecule has 0 rings (SSSR count). The number of unbranched alkanes of at least 4 members (excludes halogenated alkanes) is 6. The van der Waals surface area contributed by atoms with Crippen LogP contribution >= 0.6 is 11.8 Å². The third-order valence-electron chi connectivity index (χ3n) is 2.13. The van der Waals surface area contributed by atoms with E-state index in [1.54, 1.807) is 0 Å². The first-order valence-corrected chi connectivity index (χ1v) is 6.76. The van der Waals surface area contributed by atoms with Gasteiger partial charge in [-0.25, -0.2) is 0 Å². The molecule has 0 radical (unpaired) electrons. The van der Waals surface area contributed by atoms with Crippen molar-refractivity contribution in [2.75, 3.05) is 18.1 Å². The van der Waals surface area contributed by atoms with Gasteiger partial charge < -0.3 is 5.11 Å². The largest absolute Gasteiger partial charge is 0.396 e. The summed E-state index contributed by atoms with van der Waals surface area (Å²) in [6.07, 6.45) is 9.68. The van der Waals surface area contributed by atoms with Crippen molar-refractivity contribution in [2.45, 2.75) is 51.9 Å². The van der Waals surface area contributed by atoms with Gasteiger partial charge in [-0.2, -0.15) is 11.8 Å². The Morgan fingerprint density at radius 1 is 0.846 bits per heavy atom. The van der Waals surface area contributed by atoms with Gasteiger partial charge in [0.1, 0.15) is 0 Å². The first-order valence-electron chi connectivity index (χ1n) is 5.60. The summed E-state index contributed by atoms with van der Waals surface area (Å²) in [5.41, 5.74) is 0. The molecule has 0 atom stereocenters. The highest BCUT2D eigenvalue weighted by Crippen LogP contribution is 2.09. The van der Waals surface area contributed by atoms with Gasteiger partial charge in [-0.15, -0.1) is 0 Å². The summed E-state index contributed by atoms with van der Waals surface area (Å²) in [6.45, 7) is 2.59. The molecule has 0 aromatic heterocycles. The summed E-state index contributed by atoms with van der Waals surface area (Å²) in [4.78, 5) is 0. The van der Waals surface area contributed by atoms with Gasteiger partial charge >= 0.3 is 0 Å². The molecule has 1 N–H and O–H groups in total. The molecule has 0 aliphatic carbocycles. The SMILES string of the molecule is CCCCCCCCCSCCO. The maximum absolute atomic E-state index is 8.55. The molecule has 0 heterocycles. The monoisotopic (exact) mass is 204 g/mol. The Bertz CT molecular complexity index is 76.2. The van der Waals surface area contributed by atoms with Gasteiger partial charge in [-0.3, -0.25) is 0 Å². The molecule has 1 nitrogen and oxygen atoms in total. The van der Waals surface area contributed by atoms with Crippen LogP contribution in [0.5, 0.6) is 0 Å². The van der Waals surface area contributed by atoms with Crippen molar-refractivity contribution in [2.24, 2.45) is 0 Å². The minimum atomic E-state index is 0.334. The van der Waals surface area contributed by atoms with Crippen molar-refractivity contribution < 1.29 is 5.11 Å². The Hall–Kier alpha value is 0.310. The number of aliphatic hydroxyl groups excluding tert-OH is 1. The van der Waals surface area contributed by atoms with Gasteiger partial charge in [0.25, 0.3) is 0 Å². The number of aliphatic hydroxyl groups is 1. The van der Waals surface area contributed by atoms with Crippen molar-refractivity contribution >= 4 is 11.8 Å². The first kappa shape index (κ1) is 13.3. The minimum absolute atomic E-state index is 0.334. The van der Waals surface area contributed by atoms with E-state index in [4.69, 9.17) is 5.11 Å². The summed E-state index contributed by atoms with van der Waals surface area (Å²) < 4.78 is 0. The molecule has 0 aliphatic heterocycles. The molecule has 13 heavy (non-hydrogen) atoms. The molecular weight excluding hydrogens is 180 g/mol. The Morgan fingerprint density at radius 3 is 2.08 bits per heavy atom. The number of rotatable bonds is 10. The Labute approximate surface area is 87.3 Å². The van der Waals surface area contributed by atoms with Crippen molar-refractivity contribution in [3.05, 3.63) is 0 Å². The van der Waals surface area contributed by atoms with Crippen LogP contribution in [-0.4, -0.2) is 23.2 Å². The van der Waals surface area contributed by atoms with Gasteiger partial charge in [0.15, 0.2) is 0 Å². The van der Waals surface area contributed by atoms with Crippen LogP contribution in [0.4, 0.5) is 0 Å². The molecule has 0 bridgehead atoms. The highest BCUT2D eigenvalue weighted by molar-refractivity contribution is 7.99. The molecule has 0 amide bonds. The summed E-state index contributed by atoms with van der Waals surface area (Å²) in [5.74, 6) is 2.14. The van der Waals surface area contributed by atoms with E-state index < -0.39 is 0 Å². The fraction of sp³-hybridized carbons (Fsp3) is 1.00. The predicted molar refractivity (Wildman–Crippen MR) is 62.4 cm³/mol. The molecule has 0 spiro atoms. The lowest BCUT2D eigenvalue weighted by molar-refractivity contribution is 0.322. The van der Waals surface area contributed by atoms with E-state index in [1.165, 1.54) is 50.7 Å². The topological polar surface area (TPSA) is 20.2 Å². The third kappa shape index (κ3) is 12.3. The Balaban J connectivity index is 2.76. The number of hydrogen-bond acceptors (Lipinski definition) is 2. The van der Waals surface area contributed by atoms with Gasteiger partial charge in [-0.1, -0.05) is 45.4 Å². The van der Waals surface area contributed by atoms with Gasteiger partial charge in [0.05, 0.1) is 6.61 Å². The second-order valence-electron chi connectivity index (χ2n) is 3.46. The average molecular weight is 204 g/mol. The van der Waals surface area contributed by atoms with Crippen LogP contribution in [-0.2, 0) is 0 Å². The van der Waals surface area contributed by atoms with E-state index in [-0.39, 0.29) is 0 Å². The summed E-state index contributed by atoms with van der Waals surface area (Å²) >= 11 is 1.87. The summed E-state index contributed by atoms with van der Waals surface area (Å²) in [5, 5.41) is 8.55. The lowest BCUT2D eigenvalue weighted by Crippen LogP contribution is -1.88. The van der Waals surface area contributed by atoms with Crippen LogP contribution in [0.2, 0.25) is 0 Å². The van der Waals surface area contributed by atoms with Crippen LogP contribution in [0.1, 0.15) is 51.9 Å². The summed E-state index contributed by atoms with van der Waals surface area (Å²) in [7, 11) is 0. The fourth-order valence-corrected chi connectivity index (χ4v) is 2.07. The molecular formula is C11H24OS.